The van der Waals surface area contributed by atoms with Gasteiger partial charge in [0, 0.05) is 31.3 Å². The summed E-state index contributed by atoms with van der Waals surface area (Å²) >= 11 is 0. The Hall–Kier alpha value is -1.10. The number of aliphatic carboxylic acids is 1. The van der Waals surface area contributed by atoms with Gasteiger partial charge in [-0.25, -0.2) is 0 Å². The minimum atomic E-state index is -0.946. The van der Waals surface area contributed by atoms with Crippen LogP contribution in [0.2, 0.25) is 0 Å². The van der Waals surface area contributed by atoms with Crippen molar-refractivity contribution in [1.82, 2.24) is 5.32 Å². The molecular formula is C13H24N2O3. The van der Waals surface area contributed by atoms with Gasteiger partial charge in [0.2, 0.25) is 0 Å². The number of carbonyl (C=O) groups excluding carboxylic acids is 2. The Bertz CT molecular complexity index is 273. The first-order chi connectivity index (χ1) is 8.63. The molecule has 0 radical (unpaired) electrons. The summed E-state index contributed by atoms with van der Waals surface area (Å²) in [5, 5.41) is 13.6. The first-order valence-corrected chi connectivity index (χ1v) is 6.94. The molecule has 1 heterocycles. The number of carboxylic acid groups (broad SMARTS) is 1. The molecule has 1 aliphatic heterocycles. The first kappa shape index (κ1) is 15.0. The van der Waals surface area contributed by atoms with Gasteiger partial charge in [-0.15, -0.1) is 0 Å². The summed E-state index contributed by atoms with van der Waals surface area (Å²) in [5.74, 6) is -1.19. The maximum atomic E-state index is 11.6. The summed E-state index contributed by atoms with van der Waals surface area (Å²) in [4.78, 5) is 23.5. The Morgan fingerprint density at radius 3 is 2.50 bits per heavy atom. The van der Waals surface area contributed by atoms with Gasteiger partial charge in [-0.3, -0.25) is 4.79 Å². The predicted octanol–water partition coefficient (Wildman–Crippen LogP) is -1.66. The normalized spacial score (nSPS) is 23.6. The Morgan fingerprint density at radius 2 is 1.94 bits per heavy atom. The zero-order valence-corrected chi connectivity index (χ0v) is 11.2. The Kier molecular flexibility index (Phi) is 6.72. The number of hydrogen-bond acceptors (Lipinski definition) is 3. The number of amides is 1. The zero-order valence-electron chi connectivity index (χ0n) is 11.2. The van der Waals surface area contributed by atoms with Crippen LogP contribution in [0.15, 0.2) is 0 Å². The molecule has 0 aromatic heterocycles. The van der Waals surface area contributed by atoms with E-state index in [4.69, 9.17) is 0 Å². The first-order valence-electron chi connectivity index (χ1n) is 6.94. The van der Waals surface area contributed by atoms with E-state index in [0.29, 0.717) is 19.4 Å². The summed E-state index contributed by atoms with van der Waals surface area (Å²) in [6.07, 6.45) is 4.58. The van der Waals surface area contributed by atoms with E-state index in [1.807, 2.05) is 0 Å². The van der Waals surface area contributed by atoms with Gasteiger partial charge in [0.05, 0.1) is 13.1 Å². The van der Waals surface area contributed by atoms with E-state index in [9.17, 15) is 14.7 Å². The van der Waals surface area contributed by atoms with Crippen molar-refractivity contribution in [3.05, 3.63) is 0 Å². The van der Waals surface area contributed by atoms with Gasteiger partial charge in [0.25, 0.3) is 5.91 Å². The lowest BCUT2D eigenvalue weighted by Gasteiger charge is -2.29. The molecule has 0 aromatic carbocycles. The Labute approximate surface area is 109 Å². The smallest absolute Gasteiger partial charge is 0.275 e. The molecule has 1 fully saturated rings. The van der Waals surface area contributed by atoms with E-state index >= 15 is 0 Å². The molecule has 104 valence electrons. The molecule has 1 rings (SSSR count). The van der Waals surface area contributed by atoms with Gasteiger partial charge < -0.3 is 20.1 Å². The SMILES string of the molecule is CCCCCNC(=O)C[NH+]1CCC(C(=O)[O-])CC1. The van der Waals surface area contributed by atoms with E-state index in [1.165, 1.54) is 4.90 Å². The molecule has 18 heavy (non-hydrogen) atoms. The van der Waals surface area contributed by atoms with E-state index in [0.717, 1.165) is 38.9 Å². The molecule has 5 heteroatoms. The fourth-order valence-corrected chi connectivity index (χ4v) is 2.33. The number of carbonyl (C=O) groups is 2. The minimum Gasteiger partial charge on any atom is -0.550 e. The molecule has 2 N–H and O–H groups in total. The van der Waals surface area contributed by atoms with Crippen LogP contribution in [-0.4, -0.2) is 38.1 Å². The van der Waals surface area contributed by atoms with Crippen molar-refractivity contribution >= 4 is 11.9 Å². The zero-order chi connectivity index (χ0) is 13.4. The average molecular weight is 256 g/mol. The van der Waals surface area contributed by atoms with E-state index in [-0.39, 0.29) is 11.8 Å². The molecular weight excluding hydrogens is 232 g/mol. The monoisotopic (exact) mass is 256 g/mol. The summed E-state index contributed by atoms with van der Waals surface area (Å²) in [6, 6.07) is 0. The van der Waals surface area contributed by atoms with E-state index < -0.39 is 5.97 Å². The molecule has 0 aromatic rings. The second-order valence-electron chi connectivity index (χ2n) is 5.08. The average Bonchev–Trinajstić information content (AvgIpc) is 2.35. The van der Waals surface area contributed by atoms with E-state index in [1.54, 1.807) is 0 Å². The second-order valence-corrected chi connectivity index (χ2v) is 5.08. The molecule has 0 bridgehead atoms. The van der Waals surface area contributed by atoms with Crippen molar-refractivity contribution < 1.29 is 19.6 Å². The second kappa shape index (κ2) is 8.08. The molecule has 0 spiro atoms. The fraction of sp³-hybridized carbons (Fsp3) is 0.846. The van der Waals surface area contributed by atoms with Gasteiger partial charge in [-0.05, 0) is 6.42 Å². The van der Waals surface area contributed by atoms with Crippen LogP contribution in [-0.2, 0) is 9.59 Å². The topological polar surface area (TPSA) is 73.7 Å². The lowest BCUT2D eigenvalue weighted by Crippen LogP contribution is -3.14. The molecule has 0 saturated carbocycles. The van der Waals surface area contributed by atoms with Gasteiger partial charge in [-0.1, -0.05) is 19.8 Å². The van der Waals surface area contributed by atoms with Gasteiger partial charge in [0.15, 0.2) is 6.54 Å². The summed E-state index contributed by atoms with van der Waals surface area (Å²) in [6.45, 7) is 4.85. The van der Waals surface area contributed by atoms with Crippen molar-refractivity contribution in [1.29, 1.82) is 0 Å². The lowest BCUT2D eigenvalue weighted by atomic mass is 9.97. The lowest BCUT2D eigenvalue weighted by molar-refractivity contribution is -0.897. The number of hydrogen-bond donors (Lipinski definition) is 2. The molecule has 1 saturated heterocycles. The Balaban J connectivity index is 2.12. The van der Waals surface area contributed by atoms with Crippen LogP contribution < -0.4 is 15.3 Å². The number of piperidine rings is 1. The van der Waals surface area contributed by atoms with Crippen LogP contribution in [0.25, 0.3) is 0 Å². The Morgan fingerprint density at radius 1 is 1.28 bits per heavy atom. The third-order valence-electron chi connectivity index (χ3n) is 3.54. The molecule has 1 amide bonds. The number of rotatable bonds is 7. The van der Waals surface area contributed by atoms with Crippen LogP contribution >= 0.6 is 0 Å². The fourth-order valence-electron chi connectivity index (χ4n) is 2.33. The van der Waals surface area contributed by atoms with Crippen molar-refractivity contribution in [2.75, 3.05) is 26.2 Å². The summed E-state index contributed by atoms with van der Waals surface area (Å²) in [7, 11) is 0. The highest BCUT2D eigenvalue weighted by atomic mass is 16.4. The third kappa shape index (κ3) is 5.49. The minimum absolute atomic E-state index is 0.0769. The van der Waals surface area contributed by atoms with Crippen LogP contribution in [0.4, 0.5) is 0 Å². The maximum absolute atomic E-state index is 11.6. The number of unbranched alkanes of at least 4 members (excludes halogenated alkanes) is 2. The number of likely N-dealkylation sites (tertiary alicyclic amines) is 1. The molecule has 0 unspecified atom stereocenters. The van der Waals surface area contributed by atoms with Crippen LogP contribution in [0, 0.1) is 5.92 Å². The maximum Gasteiger partial charge on any atom is 0.275 e. The summed E-state index contributed by atoms with van der Waals surface area (Å²) in [5.41, 5.74) is 0. The van der Waals surface area contributed by atoms with E-state index in [2.05, 4.69) is 12.2 Å². The molecule has 5 nitrogen and oxygen atoms in total. The number of quaternary nitrogens is 1. The summed E-state index contributed by atoms with van der Waals surface area (Å²) < 4.78 is 0. The highest BCUT2D eigenvalue weighted by Gasteiger charge is 2.24. The number of carboxylic acids is 1. The standard InChI is InChI=1S/C13H24N2O3/c1-2-3-4-7-14-12(16)10-15-8-5-11(6-9-15)13(17)18/h11H,2-10H2,1H3,(H,14,16)(H,17,18). The van der Waals surface area contributed by atoms with Crippen molar-refractivity contribution in [2.45, 2.75) is 39.0 Å². The van der Waals surface area contributed by atoms with Gasteiger partial charge in [0.1, 0.15) is 0 Å². The largest absolute Gasteiger partial charge is 0.550 e. The van der Waals surface area contributed by atoms with Crippen molar-refractivity contribution in [3.63, 3.8) is 0 Å². The number of nitrogens with one attached hydrogen (secondary N) is 2. The third-order valence-corrected chi connectivity index (χ3v) is 3.54. The van der Waals surface area contributed by atoms with Crippen molar-refractivity contribution in [3.8, 4) is 0 Å². The highest BCUT2D eigenvalue weighted by molar-refractivity contribution is 5.76. The van der Waals surface area contributed by atoms with Gasteiger partial charge >= 0.3 is 0 Å². The molecule has 0 aliphatic carbocycles. The molecule has 0 atom stereocenters. The van der Waals surface area contributed by atoms with Crippen LogP contribution in [0.5, 0.6) is 0 Å². The van der Waals surface area contributed by atoms with Crippen LogP contribution in [0.3, 0.4) is 0 Å². The predicted molar refractivity (Wildman–Crippen MR) is 65.8 cm³/mol. The van der Waals surface area contributed by atoms with Gasteiger partial charge in [-0.2, -0.15) is 0 Å². The van der Waals surface area contributed by atoms with Crippen LogP contribution in [0.1, 0.15) is 39.0 Å². The quantitative estimate of drug-likeness (QED) is 0.535. The van der Waals surface area contributed by atoms with Crippen molar-refractivity contribution in [2.24, 2.45) is 5.92 Å². The highest BCUT2D eigenvalue weighted by Crippen LogP contribution is 2.07. The molecule has 1 aliphatic rings.